The molecule has 26 heavy (non-hydrogen) atoms. The smallest absolute Gasteiger partial charge is 0.317 e. The average molecular weight is 377 g/mol. The van der Waals surface area contributed by atoms with E-state index in [4.69, 9.17) is 9.47 Å². The van der Waals surface area contributed by atoms with Crippen molar-refractivity contribution in [2.24, 2.45) is 0 Å². The van der Waals surface area contributed by atoms with Crippen molar-refractivity contribution in [2.75, 3.05) is 18.2 Å². The zero-order chi connectivity index (χ0) is 19.1. The van der Waals surface area contributed by atoms with Crippen molar-refractivity contribution < 1.29 is 23.5 Å². The molecule has 0 saturated heterocycles. The van der Waals surface area contributed by atoms with Crippen LogP contribution in [0.25, 0.3) is 0 Å². The molecule has 2 rings (SSSR count). The molecule has 0 heterocycles. The number of halogens is 1. The first-order chi connectivity index (χ1) is 12.4. The van der Waals surface area contributed by atoms with Crippen molar-refractivity contribution in [3.8, 4) is 5.75 Å². The second-order valence-electron chi connectivity index (χ2n) is 5.55. The molecule has 0 aliphatic heterocycles. The fourth-order valence-electron chi connectivity index (χ4n) is 2.01. The van der Waals surface area contributed by atoms with E-state index in [1.165, 1.54) is 24.8 Å². The first-order valence-corrected chi connectivity index (χ1v) is 8.91. The van der Waals surface area contributed by atoms with Gasteiger partial charge in [0.25, 0.3) is 5.91 Å². The van der Waals surface area contributed by atoms with Gasteiger partial charge in [-0.1, -0.05) is 6.07 Å². The largest absolute Gasteiger partial charge is 0.497 e. The summed E-state index contributed by atoms with van der Waals surface area (Å²) in [7, 11) is 1.58. The molecule has 0 saturated carbocycles. The van der Waals surface area contributed by atoms with Crippen molar-refractivity contribution in [3.63, 3.8) is 0 Å². The van der Waals surface area contributed by atoms with Gasteiger partial charge >= 0.3 is 5.97 Å². The molecule has 1 N–H and O–H groups in total. The van der Waals surface area contributed by atoms with Gasteiger partial charge in [-0.05, 0) is 55.8 Å². The Morgan fingerprint density at radius 1 is 1.19 bits per heavy atom. The molecule has 2 aromatic carbocycles. The van der Waals surface area contributed by atoms with Gasteiger partial charge in [-0.15, -0.1) is 11.8 Å². The predicted octanol–water partition coefficient (Wildman–Crippen LogP) is 3.81. The van der Waals surface area contributed by atoms with Gasteiger partial charge < -0.3 is 14.8 Å². The number of aryl methyl sites for hydroxylation is 1. The van der Waals surface area contributed by atoms with E-state index in [-0.39, 0.29) is 5.75 Å². The molecule has 2 aromatic rings. The summed E-state index contributed by atoms with van der Waals surface area (Å²) in [6.07, 6.45) is -0.983. The minimum absolute atomic E-state index is 0.0725. The number of amides is 1. The highest BCUT2D eigenvalue weighted by molar-refractivity contribution is 8.00. The Balaban J connectivity index is 1.81. The Bertz CT molecular complexity index is 780. The molecule has 7 heteroatoms. The Labute approximate surface area is 155 Å². The number of ether oxygens (including phenoxy) is 2. The molecular formula is C19H20FNO4S. The fraction of sp³-hybridized carbons (Fsp3) is 0.263. The normalized spacial score (nSPS) is 11.5. The molecule has 5 nitrogen and oxygen atoms in total. The van der Waals surface area contributed by atoms with Crippen LogP contribution in [-0.2, 0) is 14.3 Å². The van der Waals surface area contributed by atoms with Crippen LogP contribution in [-0.4, -0.2) is 30.8 Å². The lowest BCUT2D eigenvalue weighted by atomic mass is 10.2. The number of thioether (sulfide) groups is 1. The molecule has 0 unspecified atom stereocenters. The Morgan fingerprint density at radius 2 is 1.88 bits per heavy atom. The fourth-order valence-corrected chi connectivity index (χ4v) is 2.69. The van der Waals surface area contributed by atoms with Gasteiger partial charge in [0, 0.05) is 10.6 Å². The molecule has 0 spiro atoms. The molecule has 0 aromatic heterocycles. The molecule has 0 aliphatic carbocycles. The maximum Gasteiger partial charge on any atom is 0.317 e. The van der Waals surface area contributed by atoms with Crippen LogP contribution in [0.3, 0.4) is 0 Å². The van der Waals surface area contributed by atoms with Gasteiger partial charge in [0.15, 0.2) is 6.10 Å². The SMILES string of the molecule is COc1ccc(SCC(=O)O[C@@H](C)C(=O)Nc2ccc(C)c(F)c2)cc1. The minimum atomic E-state index is -0.983. The second kappa shape index (κ2) is 9.24. The minimum Gasteiger partial charge on any atom is -0.497 e. The van der Waals surface area contributed by atoms with E-state index >= 15 is 0 Å². The highest BCUT2D eigenvalue weighted by atomic mass is 32.2. The molecule has 0 bridgehead atoms. The van der Waals surface area contributed by atoms with E-state index in [0.717, 1.165) is 10.6 Å². The van der Waals surface area contributed by atoms with E-state index in [9.17, 15) is 14.0 Å². The van der Waals surface area contributed by atoms with Gasteiger partial charge in [-0.3, -0.25) is 9.59 Å². The van der Waals surface area contributed by atoms with Crippen LogP contribution in [0.1, 0.15) is 12.5 Å². The van der Waals surface area contributed by atoms with Gasteiger partial charge in [-0.2, -0.15) is 0 Å². The molecular weight excluding hydrogens is 357 g/mol. The third kappa shape index (κ3) is 5.77. The zero-order valence-electron chi connectivity index (χ0n) is 14.7. The molecule has 0 radical (unpaired) electrons. The first-order valence-electron chi connectivity index (χ1n) is 7.92. The van der Waals surface area contributed by atoms with Gasteiger partial charge in [-0.25, -0.2) is 4.39 Å². The molecule has 1 atom stereocenters. The molecule has 1 amide bonds. The van der Waals surface area contributed by atoms with Crippen LogP contribution in [0.15, 0.2) is 47.4 Å². The Kier molecular flexibility index (Phi) is 7.03. The lowest BCUT2D eigenvalue weighted by Crippen LogP contribution is -2.30. The standard InChI is InChI=1S/C19H20FNO4S/c1-12-4-5-14(10-17(12)20)21-19(23)13(2)25-18(22)11-26-16-8-6-15(24-3)7-9-16/h4-10,13H,11H2,1-3H3,(H,21,23)/t13-/m0/s1. The Morgan fingerprint density at radius 3 is 2.50 bits per heavy atom. The number of carbonyl (C=O) groups is 2. The highest BCUT2D eigenvalue weighted by Gasteiger charge is 2.18. The summed E-state index contributed by atoms with van der Waals surface area (Å²) in [4.78, 5) is 24.8. The molecule has 138 valence electrons. The van der Waals surface area contributed by atoms with Crippen LogP contribution in [0, 0.1) is 12.7 Å². The lowest BCUT2D eigenvalue weighted by molar-refractivity contribution is -0.150. The Hall–Kier alpha value is -2.54. The number of esters is 1. The number of hydrogen-bond donors (Lipinski definition) is 1. The average Bonchev–Trinajstić information content (AvgIpc) is 2.63. The van der Waals surface area contributed by atoms with E-state index in [1.54, 1.807) is 38.3 Å². The second-order valence-corrected chi connectivity index (χ2v) is 6.60. The van der Waals surface area contributed by atoms with Crippen molar-refractivity contribution in [3.05, 3.63) is 53.8 Å². The summed E-state index contributed by atoms with van der Waals surface area (Å²) >= 11 is 1.30. The lowest BCUT2D eigenvalue weighted by Gasteiger charge is -2.14. The van der Waals surface area contributed by atoms with Gasteiger partial charge in [0.05, 0.1) is 12.9 Å². The van der Waals surface area contributed by atoms with Crippen LogP contribution in [0.4, 0.5) is 10.1 Å². The number of carbonyl (C=O) groups excluding carboxylic acids is 2. The quantitative estimate of drug-likeness (QED) is 0.587. The van der Waals surface area contributed by atoms with Crippen LogP contribution >= 0.6 is 11.8 Å². The first kappa shape index (κ1) is 19.8. The highest BCUT2D eigenvalue weighted by Crippen LogP contribution is 2.21. The number of benzene rings is 2. The molecule has 0 aliphatic rings. The van der Waals surface area contributed by atoms with Gasteiger partial charge in [0.2, 0.25) is 0 Å². The monoisotopic (exact) mass is 377 g/mol. The van der Waals surface area contributed by atoms with Crippen molar-refractivity contribution in [1.29, 1.82) is 0 Å². The number of rotatable bonds is 7. The molecule has 0 fully saturated rings. The number of hydrogen-bond acceptors (Lipinski definition) is 5. The summed E-state index contributed by atoms with van der Waals surface area (Å²) < 4.78 is 23.7. The predicted molar refractivity (Wildman–Crippen MR) is 99.0 cm³/mol. The van der Waals surface area contributed by atoms with Crippen LogP contribution in [0.5, 0.6) is 5.75 Å². The van der Waals surface area contributed by atoms with E-state index in [1.807, 2.05) is 12.1 Å². The summed E-state index contributed by atoms with van der Waals surface area (Å²) in [5, 5.41) is 2.52. The summed E-state index contributed by atoms with van der Waals surface area (Å²) in [6, 6.07) is 11.6. The van der Waals surface area contributed by atoms with Crippen LogP contribution < -0.4 is 10.1 Å². The van der Waals surface area contributed by atoms with Crippen molar-refractivity contribution in [2.45, 2.75) is 24.8 Å². The number of anilines is 1. The van der Waals surface area contributed by atoms with Crippen LogP contribution in [0.2, 0.25) is 0 Å². The third-order valence-corrected chi connectivity index (χ3v) is 4.52. The number of nitrogens with one attached hydrogen (secondary N) is 1. The van der Waals surface area contributed by atoms with Crippen molar-refractivity contribution >= 4 is 29.3 Å². The number of methoxy groups -OCH3 is 1. The third-order valence-electron chi connectivity index (χ3n) is 3.53. The summed E-state index contributed by atoms with van der Waals surface area (Å²) in [5.74, 6) is -0.638. The van der Waals surface area contributed by atoms with E-state index in [0.29, 0.717) is 11.3 Å². The van der Waals surface area contributed by atoms with Gasteiger partial charge in [0.1, 0.15) is 11.6 Å². The van der Waals surface area contributed by atoms with E-state index in [2.05, 4.69) is 5.32 Å². The zero-order valence-corrected chi connectivity index (χ0v) is 15.6. The maximum absolute atomic E-state index is 13.5. The summed E-state index contributed by atoms with van der Waals surface area (Å²) in [6.45, 7) is 3.10. The topological polar surface area (TPSA) is 64.6 Å². The summed E-state index contributed by atoms with van der Waals surface area (Å²) in [5.41, 5.74) is 0.798. The van der Waals surface area contributed by atoms with Crippen molar-refractivity contribution in [1.82, 2.24) is 0 Å². The van der Waals surface area contributed by atoms with E-state index < -0.39 is 23.8 Å². The maximum atomic E-state index is 13.5.